The Morgan fingerprint density at radius 3 is 1.18 bits per heavy atom. The largest absolute Gasteiger partial charge is 0.487 e. The molecule has 65 heavy (non-hydrogen) atoms. The summed E-state index contributed by atoms with van der Waals surface area (Å²) in [6.45, 7) is -1.17. The Hall–Kier alpha value is -3.91. The number of ether oxygens (including phenoxy) is 4. The van der Waals surface area contributed by atoms with Crippen molar-refractivity contribution >= 4 is 0 Å². The Morgan fingerprint density at radius 1 is 0.415 bits per heavy atom. The number of unbranched alkanes of at least 4 members (excludes halogenated alkanes) is 5. The molecule has 0 atom stereocenters. The first kappa shape index (κ1) is 57.2. The Morgan fingerprint density at radius 2 is 0.785 bits per heavy atom. The van der Waals surface area contributed by atoms with Gasteiger partial charge in [-0.25, -0.2) is 24.2 Å². The van der Waals surface area contributed by atoms with Gasteiger partial charge in [-0.1, -0.05) is 39.0 Å². The van der Waals surface area contributed by atoms with E-state index in [1.54, 1.807) is 0 Å². The van der Waals surface area contributed by atoms with Gasteiger partial charge in [-0.15, -0.1) is 0 Å². The van der Waals surface area contributed by atoms with E-state index in [1.807, 2.05) is 6.92 Å². The van der Waals surface area contributed by atoms with E-state index in [2.05, 4.69) is 14.7 Å². The van der Waals surface area contributed by atoms with Crippen molar-refractivity contribution in [3.8, 4) is 17.1 Å². The molecule has 1 aromatic carbocycles. The van der Waals surface area contributed by atoms with Gasteiger partial charge in [0.25, 0.3) is 0 Å². The maximum Gasteiger partial charge on any atom is 0.460 e. The molecule has 0 amide bonds. The molecule has 0 aliphatic carbocycles. The number of aryl methyl sites for hydroxylation is 1. The first-order valence-electron chi connectivity index (χ1n) is 17.1. The van der Waals surface area contributed by atoms with Crippen LogP contribution >= 0.6 is 0 Å². The van der Waals surface area contributed by atoms with Crippen LogP contribution in [0.5, 0.6) is 5.75 Å². The van der Waals surface area contributed by atoms with Crippen LogP contribution in [0, 0.1) is 0 Å². The smallest absolute Gasteiger partial charge is 0.460 e. The predicted octanol–water partition coefficient (Wildman–Crippen LogP) is 13.4. The summed E-state index contributed by atoms with van der Waals surface area (Å²) in [5, 5.41) is 0. The fourth-order valence-corrected chi connectivity index (χ4v) is 4.53. The van der Waals surface area contributed by atoms with Gasteiger partial charge in [0.05, 0.1) is 0 Å². The molecule has 0 fully saturated rings. The fraction of sp³-hybridized carbons (Fsp3) is 0.688. The zero-order chi connectivity index (χ0) is 51.0. The van der Waals surface area contributed by atoms with Crippen LogP contribution < -0.4 is 4.74 Å². The van der Waals surface area contributed by atoms with Crippen LogP contribution in [0.1, 0.15) is 51.0 Å². The normalized spacial score (nSPS) is 15.1. The molecular formula is C32H25F27N2O4. The molecule has 0 spiro atoms. The Bertz CT molecular complexity index is 1850. The standard InChI is InChI=1S/C32H25F27N2O4/c1-2-3-4-5-6-7-8-16-13-60-19(61-14-16)17-9-11-18(12-10-17)62-15-20(33,34)21(35,36)22(37,38)24(41,42)27(48,49)63-29(52,53)31(56,57)65-32(58,59)30(54,55)64-28(50,51)25(43,44)23(39,40)26(45,46)47/h9-14H,2-8,15H2,1H3. The molecule has 0 aliphatic rings. The highest BCUT2D eigenvalue weighted by molar-refractivity contribution is 5.55. The zero-order valence-electron chi connectivity index (χ0n) is 31.4. The SMILES string of the molecule is CCCCCCCCc1cnc(-c2ccc(OCC(F)(F)C(F)(F)C(F)(F)C(F)(F)C(F)(F)OC(F)(F)C(F)(F)OC(F)(F)C(F)(F)OC(F)(F)C(F)(F)C(F)(F)C(F)(F)F)cc2)nc1. The van der Waals surface area contributed by atoms with Gasteiger partial charge in [-0.05, 0) is 42.7 Å². The van der Waals surface area contributed by atoms with Gasteiger partial charge in [-0.3, -0.25) is 0 Å². The van der Waals surface area contributed by atoms with Crippen LogP contribution in [0.2, 0.25) is 0 Å². The summed E-state index contributed by atoms with van der Waals surface area (Å²) in [7, 11) is 0. The number of aromatic nitrogens is 2. The van der Waals surface area contributed by atoms with E-state index in [-0.39, 0.29) is 11.4 Å². The maximum atomic E-state index is 14.3. The Balaban J connectivity index is 2.25. The fourth-order valence-electron chi connectivity index (χ4n) is 4.53. The van der Waals surface area contributed by atoms with E-state index >= 15 is 0 Å². The monoisotopic (exact) mass is 1010 g/mol. The second-order valence-corrected chi connectivity index (χ2v) is 13.2. The minimum Gasteiger partial charge on any atom is -0.487 e. The van der Waals surface area contributed by atoms with Crippen molar-refractivity contribution < 1.29 is 137 Å². The van der Waals surface area contributed by atoms with Gasteiger partial charge in [0, 0.05) is 18.0 Å². The van der Waals surface area contributed by atoms with Gasteiger partial charge < -0.3 is 4.74 Å². The molecule has 2 aromatic rings. The van der Waals surface area contributed by atoms with Crippen molar-refractivity contribution in [1.29, 1.82) is 0 Å². The number of hydrogen-bond acceptors (Lipinski definition) is 6. The topological polar surface area (TPSA) is 62.7 Å². The maximum absolute atomic E-state index is 14.3. The molecule has 376 valence electrons. The molecule has 0 aliphatic heterocycles. The van der Waals surface area contributed by atoms with Gasteiger partial charge in [0.15, 0.2) is 12.4 Å². The predicted molar refractivity (Wildman–Crippen MR) is 159 cm³/mol. The highest BCUT2D eigenvalue weighted by Gasteiger charge is 2.89. The average molecular weight is 1010 g/mol. The summed E-state index contributed by atoms with van der Waals surface area (Å²) in [5.74, 6) is -49.9. The highest BCUT2D eigenvalue weighted by atomic mass is 19.4. The van der Waals surface area contributed by atoms with E-state index < -0.39 is 90.7 Å². The molecule has 0 radical (unpaired) electrons. The number of alkyl halides is 27. The average Bonchev–Trinajstić information content (AvgIpc) is 3.13. The van der Waals surface area contributed by atoms with Crippen LogP contribution in [0.25, 0.3) is 11.4 Å². The second-order valence-electron chi connectivity index (χ2n) is 13.2. The molecule has 0 bridgehead atoms. The highest BCUT2D eigenvalue weighted by Crippen LogP contribution is 2.60. The lowest BCUT2D eigenvalue weighted by Crippen LogP contribution is -2.70. The lowest BCUT2D eigenvalue weighted by Gasteiger charge is -2.40. The third kappa shape index (κ3) is 11.4. The Kier molecular flexibility index (Phi) is 16.4. The molecule has 0 saturated carbocycles. The third-order valence-electron chi connectivity index (χ3n) is 8.23. The summed E-state index contributed by atoms with van der Waals surface area (Å²) in [5.41, 5.74) is 0.736. The van der Waals surface area contributed by atoms with Crippen molar-refractivity contribution in [1.82, 2.24) is 9.97 Å². The summed E-state index contributed by atoms with van der Waals surface area (Å²) < 4.78 is 373. The second kappa shape index (κ2) is 18.6. The first-order valence-corrected chi connectivity index (χ1v) is 17.1. The summed E-state index contributed by atoms with van der Waals surface area (Å²) in [6, 6.07) is 3.09. The van der Waals surface area contributed by atoms with Gasteiger partial charge in [0.2, 0.25) is 0 Å². The third-order valence-corrected chi connectivity index (χ3v) is 8.23. The van der Waals surface area contributed by atoms with Crippen LogP contribution in [-0.4, -0.2) is 94.9 Å². The summed E-state index contributed by atoms with van der Waals surface area (Å²) >= 11 is 0. The van der Waals surface area contributed by atoms with Crippen molar-refractivity contribution in [3.63, 3.8) is 0 Å². The molecule has 0 N–H and O–H groups in total. The quantitative estimate of drug-likeness (QED) is 0.0729. The number of rotatable bonds is 25. The van der Waals surface area contributed by atoms with Crippen LogP contribution in [0.3, 0.4) is 0 Å². The lowest BCUT2D eigenvalue weighted by atomic mass is 9.98. The molecule has 0 saturated heterocycles. The summed E-state index contributed by atoms with van der Waals surface area (Å²) in [6.07, 6.45) is -49.2. The van der Waals surface area contributed by atoms with Gasteiger partial charge in [0.1, 0.15) is 5.75 Å². The molecular weight excluding hydrogens is 989 g/mol. The number of hydrogen-bond donors (Lipinski definition) is 0. The number of benzene rings is 1. The van der Waals surface area contributed by atoms with Crippen LogP contribution in [0.4, 0.5) is 119 Å². The van der Waals surface area contributed by atoms with Crippen LogP contribution in [0.15, 0.2) is 36.7 Å². The zero-order valence-corrected chi connectivity index (χ0v) is 31.4. The van der Waals surface area contributed by atoms with Crippen molar-refractivity contribution in [2.75, 3.05) is 6.61 Å². The van der Waals surface area contributed by atoms with Gasteiger partial charge in [-0.2, -0.15) is 119 Å². The van der Waals surface area contributed by atoms with E-state index in [0.717, 1.165) is 64.9 Å². The van der Waals surface area contributed by atoms with Crippen molar-refractivity contribution in [3.05, 3.63) is 42.2 Å². The van der Waals surface area contributed by atoms with E-state index in [0.29, 0.717) is 24.1 Å². The van der Waals surface area contributed by atoms with Crippen LogP contribution in [-0.2, 0) is 20.6 Å². The summed E-state index contributed by atoms with van der Waals surface area (Å²) in [4.78, 5) is 8.06. The van der Waals surface area contributed by atoms with E-state index in [9.17, 15) is 119 Å². The van der Waals surface area contributed by atoms with E-state index in [1.165, 1.54) is 12.4 Å². The van der Waals surface area contributed by atoms with Gasteiger partial charge >= 0.3 is 78.4 Å². The molecule has 2 rings (SSSR count). The van der Waals surface area contributed by atoms with Crippen molar-refractivity contribution in [2.45, 2.75) is 130 Å². The molecule has 1 heterocycles. The van der Waals surface area contributed by atoms with E-state index in [4.69, 9.17) is 0 Å². The molecule has 1 aromatic heterocycles. The lowest BCUT2D eigenvalue weighted by molar-refractivity contribution is -0.577. The number of halogens is 27. The number of nitrogens with zero attached hydrogens (tertiary/aromatic N) is 2. The molecule has 33 heteroatoms. The first-order chi connectivity index (χ1) is 28.8. The minimum absolute atomic E-state index is 0.0471. The molecule has 6 nitrogen and oxygen atoms in total. The minimum atomic E-state index is -8.70. The Labute approximate surface area is 344 Å². The van der Waals surface area contributed by atoms with Crippen molar-refractivity contribution in [2.24, 2.45) is 0 Å². The molecule has 0 unspecified atom stereocenters.